The number of hydrogen-bond donors (Lipinski definition) is 0. The van der Waals surface area contributed by atoms with Gasteiger partial charge in [-0.25, -0.2) is 9.18 Å². The molecule has 56 valence electrons. The third kappa shape index (κ3) is 4.93. The molecule has 0 saturated heterocycles. The van der Waals surface area contributed by atoms with Gasteiger partial charge in [0.2, 0.25) is 6.08 Å². The maximum Gasteiger partial charge on any atom is 0.328 e. The molecule has 0 bridgehead atoms. The molecule has 0 saturated carbocycles. The second-order valence-electron chi connectivity index (χ2n) is 1.32. The highest BCUT2D eigenvalue weighted by Crippen LogP contribution is 1.79. The first kappa shape index (κ1) is 8.78. The molecule has 0 aliphatic carbocycles. The van der Waals surface area contributed by atoms with Crippen LogP contribution in [0.1, 0.15) is 0 Å². The minimum atomic E-state index is -0.726. The first-order valence-corrected chi connectivity index (χ1v) is 2.56. The van der Waals surface area contributed by atoms with Crippen LogP contribution in [-0.4, -0.2) is 31.9 Å². The minimum Gasteiger partial charge on any atom is -0.462 e. The van der Waals surface area contributed by atoms with Gasteiger partial charge in [-0.3, -0.25) is 4.79 Å². The number of alkyl halides is 1. The Morgan fingerprint density at radius 2 is 2.40 bits per heavy atom. The van der Waals surface area contributed by atoms with E-state index in [4.69, 9.17) is 0 Å². The molecular formula is C5H6FNO3. The topological polar surface area (TPSA) is 55.7 Å². The lowest BCUT2D eigenvalue weighted by atomic mass is 10.7. The summed E-state index contributed by atoms with van der Waals surface area (Å²) in [5, 5.41) is 0. The normalized spacial score (nSPS) is 8.10. The van der Waals surface area contributed by atoms with Crippen molar-refractivity contribution < 1.29 is 18.7 Å². The lowest BCUT2D eigenvalue weighted by Crippen LogP contribution is -2.09. The Morgan fingerprint density at radius 1 is 1.70 bits per heavy atom. The van der Waals surface area contributed by atoms with E-state index in [1.54, 1.807) is 0 Å². The average molecular weight is 147 g/mol. The van der Waals surface area contributed by atoms with Gasteiger partial charge in [0.15, 0.2) is 0 Å². The van der Waals surface area contributed by atoms with Gasteiger partial charge in [0.05, 0.1) is 0 Å². The number of rotatable bonds is 4. The number of esters is 1. The Morgan fingerprint density at radius 3 is 2.90 bits per heavy atom. The first-order valence-electron chi connectivity index (χ1n) is 2.56. The van der Waals surface area contributed by atoms with Crippen LogP contribution >= 0.6 is 0 Å². The van der Waals surface area contributed by atoms with Gasteiger partial charge >= 0.3 is 5.97 Å². The number of nitrogens with zero attached hydrogens (tertiary/aromatic N) is 1. The fourth-order valence-electron chi connectivity index (χ4n) is 0.295. The fourth-order valence-corrected chi connectivity index (χ4v) is 0.295. The zero-order chi connectivity index (χ0) is 7.82. The summed E-state index contributed by atoms with van der Waals surface area (Å²) in [6.45, 7) is -1.40. The highest BCUT2D eigenvalue weighted by atomic mass is 19.1. The predicted molar refractivity (Wildman–Crippen MR) is 29.9 cm³/mol. The average Bonchev–Trinajstić information content (AvgIpc) is 1.97. The summed E-state index contributed by atoms with van der Waals surface area (Å²) in [7, 11) is 0. The van der Waals surface area contributed by atoms with Gasteiger partial charge in [0, 0.05) is 0 Å². The lowest BCUT2D eigenvalue weighted by Gasteiger charge is -1.95. The lowest BCUT2D eigenvalue weighted by molar-refractivity contribution is -0.142. The van der Waals surface area contributed by atoms with Crippen molar-refractivity contribution in [3.05, 3.63) is 0 Å². The molecule has 4 nitrogen and oxygen atoms in total. The van der Waals surface area contributed by atoms with Gasteiger partial charge in [-0.05, 0) is 0 Å². The van der Waals surface area contributed by atoms with Crippen LogP contribution in [0.2, 0.25) is 0 Å². The zero-order valence-electron chi connectivity index (χ0n) is 5.17. The number of isocyanates is 1. The number of halogens is 1. The van der Waals surface area contributed by atoms with Crippen LogP contribution in [0, 0.1) is 0 Å². The fraction of sp³-hybridized carbons (Fsp3) is 0.600. The van der Waals surface area contributed by atoms with Crippen molar-refractivity contribution in [1.29, 1.82) is 0 Å². The van der Waals surface area contributed by atoms with Crippen LogP contribution in [0.25, 0.3) is 0 Å². The Labute approximate surface area is 56.7 Å². The molecule has 10 heavy (non-hydrogen) atoms. The van der Waals surface area contributed by atoms with E-state index in [2.05, 4.69) is 9.73 Å². The van der Waals surface area contributed by atoms with E-state index in [9.17, 15) is 14.0 Å². The zero-order valence-corrected chi connectivity index (χ0v) is 5.17. The molecule has 0 fully saturated rings. The summed E-state index contributed by atoms with van der Waals surface area (Å²) < 4.78 is 15.5. The summed E-state index contributed by atoms with van der Waals surface area (Å²) >= 11 is 0. The van der Waals surface area contributed by atoms with Gasteiger partial charge in [0.1, 0.15) is 19.8 Å². The Balaban J connectivity index is 3.34. The molecular weight excluding hydrogens is 141 g/mol. The summed E-state index contributed by atoms with van der Waals surface area (Å²) in [5.41, 5.74) is 0. The Kier molecular flexibility index (Phi) is 5.19. The van der Waals surface area contributed by atoms with Gasteiger partial charge in [-0.1, -0.05) is 0 Å². The van der Waals surface area contributed by atoms with Crippen molar-refractivity contribution in [3.8, 4) is 0 Å². The molecule has 0 aromatic heterocycles. The summed E-state index contributed by atoms with van der Waals surface area (Å²) in [6, 6.07) is 0. The quantitative estimate of drug-likeness (QED) is 0.315. The van der Waals surface area contributed by atoms with Crippen molar-refractivity contribution in [2.75, 3.05) is 19.8 Å². The first-order chi connectivity index (χ1) is 4.81. The monoisotopic (exact) mass is 147 g/mol. The Bertz CT molecular complexity index is 153. The van der Waals surface area contributed by atoms with Crippen LogP contribution in [0.5, 0.6) is 0 Å². The van der Waals surface area contributed by atoms with E-state index < -0.39 is 12.6 Å². The van der Waals surface area contributed by atoms with Crippen LogP contribution in [0.15, 0.2) is 4.99 Å². The number of aliphatic imine (C=N–C) groups is 1. The molecule has 5 heteroatoms. The molecule has 0 aliphatic rings. The van der Waals surface area contributed by atoms with Crippen LogP contribution in [-0.2, 0) is 14.3 Å². The van der Waals surface area contributed by atoms with E-state index >= 15 is 0 Å². The second kappa shape index (κ2) is 5.91. The van der Waals surface area contributed by atoms with E-state index in [1.807, 2.05) is 0 Å². The van der Waals surface area contributed by atoms with E-state index in [-0.39, 0.29) is 13.2 Å². The minimum absolute atomic E-state index is 0.285. The van der Waals surface area contributed by atoms with Crippen molar-refractivity contribution in [2.45, 2.75) is 0 Å². The number of carbonyl (C=O) groups excluding carboxylic acids is 2. The number of ether oxygens (including phenoxy) is 1. The molecule has 0 atom stereocenters. The maximum absolute atomic E-state index is 11.3. The van der Waals surface area contributed by atoms with Crippen LogP contribution < -0.4 is 0 Å². The molecule has 0 unspecified atom stereocenters. The molecule has 0 aromatic rings. The summed E-state index contributed by atoms with van der Waals surface area (Å²) in [4.78, 5) is 22.6. The largest absolute Gasteiger partial charge is 0.462 e. The molecule has 0 radical (unpaired) electrons. The summed E-state index contributed by atoms with van der Waals surface area (Å²) in [5.74, 6) is -0.721. The smallest absolute Gasteiger partial charge is 0.328 e. The highest BCUT2D eigenvalue weighted by molar-refractivity contribution is 5.72. The van der Waals surface area contributed by atoms with Gasteiger partial charge in [-0.15, -0.1) is 0 Å². The molecule has 0 heterocycles. The molecule has 0 aromatic carbocycles. The number of hydrogen-bond acceptors (Lipinski definition) is 4. The van der Waals surface area contributed by atoms with Crippen molar-refractivity contribution in [1.82, 2.24) is 0 Å². The van der Waals surface area contributed by atoms with Crippen LogP contribution in [0.4, 0.5) is 4.39 Å². The maximum atomic E-state index is 11.3. The van der Waals surface area contributed by atoms with Gasteiger partial charge in [-0.2, -0.15) is 4.99 Å². The third-order valence-corrected chi connectivity index (χ3v) is 0.613. The standard InChI is InChI=1S/C5H6FNO3/c6-1-2-10-5(9)3-7-4-8/h1-3H2. The molecule has 0 amide bonds. The molecule has 0 aliphatic heterocycles. The van der Waals surface area contributed by atoms with E-state index in [1.165, 1.54) is 0 Å². The van der Waals surface area contributed by atoms with Crippen LogP contribution in [0.3, 0.4) is 0 Å². The van der Waals surface area contributed by atoms with Crippen molar-refractivity contribution in [2.24, 2.45) is 4.99 Å². The molecule has 0 N–H and O–H groups in total. The van der Waals surface area contributed by atoms with Crippen molar-refractivity contribution in [3.63, 3.8) is 0 Å². The van der Waals surface area contributed by atoms with Gasteiger partial charge in [0.25, 0.3) is 0 Å². The predicted octanol–water partition coefficient (Wildman–Crippen LogP) is -0.165. The highest BCUT2D eigenvalue weighted by Gasteiger charge is 1.98. The Hall–Kier alpha value is -1.22. The second-order valence-corrected chi connectivity index (χ2v) is 1.32. The van der Waals surface area contributed by atoms with Gasteiger partial charge < -0.3 is 4.74 Å². The summed E-state index contributed by atoms with van der Waals surface area (Å²) in [6.07, 6.45) is 1.16. The SMILES string of the molecule is O=C=NCC(=O)OCCF. The number of carbonyl (C=O) groups is 1. The van der Waals surface area contributed by atoms with Crippen molar-refractivity contribution >= 4 is 12.0 Å². The van der Waals surface area contributed by atoms with E-state index in [0.29, 0.717) is 0 Å². The molecule has 0 spiro atoms. The molecule has 0 rings (SSSR count). The van der Waals surface area contributed by atoms with E-state index in [0.717, 1.165) is 6.08 Å². The third-order valence-electron chi connectivity index (χ3n) is 0.613.